The third-order valence-electron chi connectivity index (χ3n) is 7.55. The predicted molar refractivity (Wildman–Crippen MR) is 131 cm³/mol. The van der Waals surface area contributed by atoms with Gasteiger partial charge in [0.25, 0.3) is 5.69 Å². The molecule has 0 bridgehead atoms. The maximum atomic E-state index is 13.8. The van der Waals surface area contributed by atoms with Crippen molar-refractivity contribution in [3.63, 3.8) is 0 Å². The third-order valence-corrected chi connectivity index (χ3v) is 7.55. The molecule has 0 saturated heterocycles. The molecule has 2 aliphatic carbocycles. The van der Waals surface area contributed by atoms with Crippen LogP contribution in [-0.4, -0.2) is 35.9 Å². The van der Waals surface area contributed by atoms with Crippen LogP contribution in [0.4, 0.5) is 5.69 Å². The Hall–Kier alpha value is -3.49. The molecule has 1 aromatic carbocycles. The van der Waals surface area contributed by atoms with Gasteiger partial charge in [0, 0.05) is 34.5 Å². The number of carbonyl (C=O) groups excluding carboxylic acids is 3. The van der Waals surface area contributed by atoms with Crippen molar-refractivity contribution in [1.29, 1.82) is 0 Å². The number of nitro benzene ring substituents is 1. The molecule has 1 aliphatic heterocycles. The first-order valence-electron chi connectivity index (χ1n) is 12.4. The average molecular weight is 497 g/mol. The monoisotopic (exact) mass is 496 g/mol. The molecular formula is C27H32N2O7. The summed E-state index contributed by atoms with van der Waals surface area (Å²) in [5.41, 5.74) is 2.46. The highest BCUT2D eigenvalue weighted by Crippen LogP contribution is 2.46. The van der Waals surface area contributed by atoms with E-state index in [4.69, 9.17) is 9.47 Å². The number of dihydropyridines is 1. The molecule has 36 heavy (non-hydrogen) atoms. The number of nitrogens with one attached hydrogen (secondary N) is 1. The van der Waals surface area contributed by atoms with E-state index in [0.29, 0.717) is 28.9 Å². The molecule has 0 amide bonds. The first kappa shape index (κ1) is 25.6. The number of nitro groups is 1. The number of allylic oxidation sites excluding steroid dienone is 3. The summed E-state index contributed by atoms with van der Waals surface area (Å²) in [5, 5.41) is 14.9. The molecule has 9 heteroatoms. The van der Waals surface area contributed by atoms with Crippen LogP contribution in [0.25, 0.3) is 0 Å². The Morgan fingerprint density at radius 3 is 2.47 bits per heavy atom. The molecule has 0 radical (unpaired) electrons. The highest BCUT2D eigenvalue weighted by atomic mass is 16.6. The molecular weight excluding hydrogens is 464 g/mol. The molecule has 0 aromatic heterocycles. The summed E-state index contributed by atoms with van der Waals surface area (Å²) < 4.78 is 10.8. The summed E-state index contributed by atoms with van der Waals surface area (Å²) >= 11 is 0. The fourth-order valence-electron chi connectivity index (χ4n) is 5.68. The van der Waals surface area contributed by atoms with Gasteiger partial charge in [-0.2, -0.15) is 0 Å². The van der Waals surface area contributed by atoms with Crippen molar-refractivity contribution >= 4 is 23.4 Å². The second-order valence-corrected chi connectivity index (χ2v) is 10.0. The Morgan fingerprint density at radius 1 is 1.14 bits per heavy atom. The van der Waals surface area contributed by atoms with Crippen LogP contribution in [0.15, 0.2) is 40.7 Å². The van der Waals surface area contributed by atoms with Crippen LogP contribution in [0.3, 0.4) is 0 Å². The molecule has 3 aliphatic rings. The van der Waals surface area contributed by atoms with Crippen molar-refractivity contribution in [3.8, 4) is 0 Å². The van der Waals surface area contributed by atoms with Crippen molar-refractivity contribution < 1.29 is 28.8 Å². The van der Waals surface area contributed by atoms with E-state index in [-0.39, 0.29) is 28.9 Å². The number of rotatable bonds is 5. The van der Waals surface area contributed by atoms with E-state index in [0.717, 1.165) is 32.1 Å². The number of hydrogen-bond acceptors (Lipinski definition) is 8. The van der Waals surface area contributed by atoms with Gasteiger partial charge in [-0.25, -0.2) is 4.79 Å². The van der Waals surface area contributed by atoms with E-state index in [1.165, 1.54) is 13.2 Å². The van der Waals surface area contributed by atoms with E-state index in [1.807, 2.05) is 6.92 Å². The molecule has 1 aromatic rings. The summed E-state index contributed by atoms with van der Waals surface area (Å²) in [6, 6.07) is 4.72. The third kappa shape index (κ3) is 4.66. The molecule has 3 atom stereocenters. The maximum Gasteiger partial charge on any atom is 0.337 e. The second kappa shape index (κ2) is 10.2. The van der Waals surface area contributed by atoms with Gasteiger partial charge in [0.1, 0.15) is 12.0 Å². The van der Waals surface area contributed by atoms with Crippen molar-refractivity contribution in [2.75, 3.05) is 7.11 Å². The molecule has 1 saturated carbocycles. The van der Waals surface area contributed by atoms with Crippen LogP contribution in [0.1, 0.15) is 69.4 Å². The molecule has 192 valence electrons. The molecule has 0 unspecified atom stereocenters. The number of methoxy groups -OCH3 is 1. The summed E-state index contributed by atoms with van der Waals surface area (Å²) in [7, 11) is 1.24. The van der Waals surface area contributed by atoms with Gasteiger partial charge in [0.2, 0.25) is 0 Å². The zero-order chi connectivity index (χ0) is 26.1. The van der Waals surface area contributed by atoms with Crippen LogP contribution >= 0.6 is 0 Å². The number of aryl methyl sites for hydroxylation is 1. The molecule has 1 N–H and O–H groups in total. The highest BCUT2D eigenvalue weighted by molar-refractivity contribution is 6.12. The van der Waals surface area contributed by atoms with Gasteiger partial charge in [-0.1, -0.05) is 25.5 Å². The second-order valence-electron chi connectivity index (χ2n) is 10.0. The Bertz CT molecular complexity index is 1180. The van der Waals surface area contributed by atoms with Crippen molar-refractivity contribution in [1.82, 2.24) is 5.32 Å². The number of benzene rings is 1. The van der Waals surface area contributed by atoms with E-state index >= 15 is 0 Å². The summed E-state index contributed by atoms with van der Waals surface area (Å²) in [6.45, 7) is 5.19. The maximum absolute atomic E-state index is 13.8. The van der Waals surface area contributed by atoms with Crippen molar-refractivity contribution in [2.24, 2.45) is 11.8 Å². The molecule has 9 nitrogen and oxygen atoms in total. The number of nitrogens with zero attached hydrogens (tertiary/aromatic N) is 1. The lowest BCUT2D eigenvalue weighted by Crippen LogP contribution is -2.43. The predicted octanol–water partition coefficient (Wildman–Crippen LogP) is 4.39. The van der Waals surface area contributed by atoms with Gasteiger partial charge < -0.3 is 14.8 Å². The lowest BCUT2D eigenvalue weighted by Gasteiger charge is -2.38. The topological polar surface area (TPSA) is 125 Å². The molecule has 1 heterocycles. The first-order chi connectivity index (χ1) is 17.1. The van der Waals surface area contributed by atoms with Gasteiger partial charge in [-0.05, 0) is 57.4 Å². The number of carbonyl (C=O) groups is 3. The first-order valence-corrected chi connectivity index (χ1v) is 12.4. The minimum Gasteiger partial charge on any atom is -0.468 e. The SMILES string of the molecule is COC(=O)[C@H]1C(=O)C2=C(C[C@H]1C)NC(C)=C(C(=O)OC1CCCCC1)[C@@H]2c1ccc(C)c([N+](=O)[O-])c1. The molecule has 0 spiro atoms. The summed E-state index contributed by atoms with van der Waals surface area (Å²) in [5.74, 6) is -3.85. The summed E-state index contributed by atoms with van der Waals surface area (Å²) in [6.07, 6.45) is 4.81. The van der Waals surface area contributed by atoms with Crippen molar-refractivity contribution in [2.45, 2.75) is 71.3 Å². The fourth-order valence-corrected chi connectivity index (χ4v) is 5.68. The van der Waals surface area contributed by atoms with Gasteiger partial charge in [-0.15, -0.1) is 0 Å². The Kier molecular flexibility index (Phi) is 7.28. The van der Waals surface area contributed by atoms with E-state index in [1.54, 1.807) is 26.0 Å². The lowest BCUT2D eigenvalue weighted by atomic mass is 9.69. The number of esters is 2. The number of ether oxygens (including phenoxy) is 2. The Morgan fingerprint density at radius 2 is 1.83 bits per heavy atom. The Balaban J connectivity index is 1.84. The minimum atomic E-state index is -1.02. The van der Waals surface area contributed by atoms with Crippen LogP contribution in [0.5, 0.6) is 0 Å². The van der Waals surface area contributed by atoms with Crippen LogP contribution in [0.2, 0.25) is 0 Å². The van der Waals surface area contributed by atoms with Gasteiger partial charge in [0.05, 0.1) is 17.6 Å². The van der Waals surface area contributed by atoms with E-state index in [2.05, 4.69) is 5.32 Å². The zero-order valence-electron chi connectivity index (χ0n) is 21.1. The minimum absolute atomic E-state index is 0.105. The van der Waals surface area contributed by atoms with Gasteiger partial charge >= 0.3 is 11.9 Å². The lowest BCUT2D eigenvalue weighted by molar-refractivity contribution is -0.385. The molecule has 1 fully saturated rings. The van der Waals surface area contributed by atoms with E-state index < -0.39 is 34.5 Å². The van der Waals surface area contributed by atoms with Crippen LogP contribution < -0.4 is 5.32 Å². The van der Waals surface area contributed by atoms with E-state index in [9.17, 15) is 24.5 Å². The smallest absolute Gasteiger partial charge is 0.337 e. The standard InChI is InChI=1S/C27H32N2O7/c1-14-10-11-17(13-20(14)29(33)34)23-22(27(32)36-18-8-6-5-7-9-18)16(3)28-19-12-15(2)21(26(31)35-4)25(30)24(19)23/h10-11,13,15,18,21,23,28H,5-9,12H2,1-4H3/t15-,21-,23+/m1/s1. The highest BCUT2D eigenvalue weighted by Gasteiger charge is 2.47. The van der Waals surface area contributed by atoms with Crippen LogP contribution in [-0.2, 0) is 23.9 Å². The quantitative estimate of drug-likeness (QED) is 0.275. The van der Waals surface area contributed by atoms with Crippen molar-refractivity contribution in [3.05, 3.63) is 62.0 Å². The largest absolute Gasteiger partial charge is 0.468 e. The average Bonchev–Trinajstić information content (AvgIpc) is 2.83. The number of hydrogen-bond donors (Lipinski definition) is 1. The zero-order valence-corrected chi connectivity index (χ0v) is 21.1. The number of Topliss-reactive ketones (excluding diaryl/α,β-unsaturated/α-hetero) is 1. The van der Waals surface area contributed by atoms with Gasteiger partial charge in [-0.3, -0.25) is 19.7 Å². The fraction of sp³-hybridized carbons (Fsp3) is 0.519. The summed E-state index contributed by atoms with van der Waals surface area (Å²) in [4.78, 5) is 51.2. The van der Waals surface area contributed by atoms with Gasteiger partial charge in [0.15, 0.2) is 5.78 Å². The normalized spacial score (nSPS) is 24.7. The molecule has 4 rings (SSSR count). The van der Waals surface area contributed by atoms with Crippen LogP contribution in [0, 0.1) is 28.9 Å². The Labute approximate surface area is 210 Å². The number of ketones is 1.